The predicted molar refractivity (Wildman–Crippen MR) is 61.3 cm³/mol. The van der Waals surface area contributed by atoms with E-state index in [-0.39, 0.29) is 9.72 Å². The molecule has 0 saturated heterocycles. The molecule has 1 unspecified atom stereocenters. The third-order valence-corrected chi connectivity index (χ3v) is 3.95. The average molecular weight is 296 g/mol. The largest absolute Gasteiger partial charge is 0.261 e. The Morgan fingerprint density at radius 3 is 2.50 bits per heavy atom. The lowest BCUT2D eigenvalue weighted by Gasteiger charge is -2.08. The van der Waals surface area contributed by atoms with Gasteiger partial charge in [0.25, 0.3) is 9.05 Å². The molecule has 0 saturated carbocycles. The molecule has 14 heavy (non-hydrogen) atoms. The van der Waals surface area contributed by atoms with Crippen LogP contribution in [0.3, 0.4) is 0 Å². The van der Waals surface area contributed by atoms with Gasteiger partial charge in [-0.1, -0.05) is 40.2 Å². The maximum Gasteiger partial charge on any atom is 0.261 e. The first-order chi connectivity index (χ1) is 6.46. The number of rotatable bonds is 3. The second kappa shape index (κ2) is 4.47. The topological polar surface area (TPSA) is 34.1 Å². The van der Waals surface area contributed by atoms with Crippen molar-refractivity contribution in [3.05, 3.63) is 42.5 Å². The summed E-state index contributed by atoms with van der Waals surface area (Å²) in [5, 5.41) is 0. The Morgan fingerprint density at radius 2 is 2.00 bits per heavy atom. The van der Waals surface area contributed by atoms with Gasteiger partial charge in [0.1, 0.15) is 0 Å². The van der Waals surface area contributed by atoms with Crippen LogP contribution in [-0.2, 0) is 9.05 Å². The Kier molecular flexibility index (Phi) is 3.75. The molecule has 0 N–H and O–H groups in total. The molecular formula is C9H8BrClO2S. The quantitative estimate of drug-likeness (QED) is 0.487. The molecule has 0 aromatic heterocycles. The summed E-state index contributed by atoms with van der Waals surface area (Å²) in [6.45, 7) is 3.58. The molecule has 1 aromatic rings. The zero-order chi connectivity index (χ0) is 10.8. The summed E-state index contributed by atoms with van der Waals surface area (Å²) in [6, 6.07) is 6.53. The highest BCUT2D eigenvalue weighted by atomic mass is 79.9. The molecule has 0 aliphatic rings. The Morgan fingerprint density at radius 1 is 1.43 bits per heavy atom. The third kappa shape index (κ3) is 2.59. The number of halogens is 2. The van der Waals surface area contributed by atoms with Crippen LogP contribution in [0.4, 0.5) is 0 Å². The van der Waals surface area contributed by atoms with Crippen LogP contribution in [-0.4, -0.2) is 8.42 Å². The van der Waals surface area contributed by atoms with Crippen molar-refractivity contribution in [3.63, 3.8) is 0 Å². The number of hydrogen-bond donors (Lipinski definition) is 0. The Bertz CT molecular complexity index is 442. The normalized spacial score (nSPS) is 13.6. The van der Waals surface area contributed by atoms with Crippen LogP contribution >= 0.6 is 26.6 Å². The fourth-order valence-corrected chi connectivity index (χ4v) is 2.75. The van der Waals surface area contributed by atoms with Crippen molar-refractivity contribution in [2.45, 2.75) is 9.72 Å². The molecule has 0 aliphatic heterocycles. The molecule has 0 spiro atoms. The van der Waals surface area contributed by atoms with Crippen LogP contribution in [0.5, 0.6) is 0 Å². The zero-order valence-electron chi connectivity index (χ0n) is 7.15. The van der Waals surface area contributed by atoms with Gasteiger partial charge in [0.15, 0.2) is 0 Å². The minimum absolute atomic E-state index is 0.114. The van der Waals surface area contributed by atoms with E-state index in [9.17, 15) is 8.42 Å². The van der Waals surface area contributed by atoms with Crippen molar-refractivity contribution in [1.29, 1.82) is 0 Å². The van der Waals surface area contributed by atoms with Gasteiger partial charge in [-0.3, -0.25) is 0 Å². The first kappa shape index (κ1) is 11.8. The number of hydrogen-bond acceptors (Lipinski definition) is 2. The van der Waals surface area contributed by atoms with E-state index in [1.807, 2.05) is 0 Å². The number of benzene rings is 1. The summed E-state index contributed by atoms with van der Waals surface area (Å²) >= 11 is 3.29. The summed E-state index contributed by atoms with van der Waals surface area (Å²) < 4.78 is 22.4. The first-order valence-electron chi connectivity index (χ1n) is 3.77. The molecule has 0 radical (unpaired) electrons. The zero-order valence-corrected chi connectivity index (χ0v) is 10.3. The van der Waals surface area contributed by atoms with E-state index in [2.05, 4.69) is 22.5 Å². The van der Waals surface area contributed by atoms with E-state index < -0.39 is 9.05 Å². The van der Waals surface area contributed by atoms with Crippen LogP contribution in [0.1, 0.15) is 10.4 Å². The second-order valence-electron chi connectivity index (χ2n) is 2.61. The summed E-state index contributed by atoms with van der Waals surface area (Å²) in [6.07, 6.45) is 1.60. The Hall–Kier alpha value is -0.320. The highest BCUT2D eigenvalue weighted by Gasteiger charge is 2.17. The van der Waals surface area contributed by atoms with E-state index >= 15 is 0 Å². The first-order valence-corrected chi connectivity index (χ1v) is 6.99. The molecule has 0 aliphatic carbocycles. The molecule has 0 fully saturated rings. The smallest absolute Gasteiger partial charge is 0.207 e. The lowest BCUT2D eigenvalue weighted by Crippen LogP contribution is -1.98. The Balaban J connectivity index is 3.37. The van der Waals surface area contributed by atoms with E-state index in [0.29, 0.717) is 5.56 Å². The van der Waals surface area contributed by atoms with Gasteiger partial charge >= 0.3 is 0 Å². The molecule has 0 bridgehead atoms. The highest BCUT2D eigenvalue weighted by Crippen LogP contribution is 2.30. The van der Waals surface area contributed by atoms with Crippen LogP contribution in [0.25, 0.3) is 0 Å². The summed E-state index contributed by atoms with van der Waals surface area (Å²) in [5.74, 6) is 0. The van der Waals surface area contributed by atoms with Crippen LogP contribution in [0, 0.1) is 0 Å². The lowest BCUT2D eigenvalue weighted by molar-refractivity contribution is 0.609. The van der Waals surface area contributed by atoms with Crippen molar-refractivity contribution in [2.75, 3.05) is 0 Å². The van der Waals surface area contributed by atoms with Gasteiger partial charge in [-0.15, -0.1) is 6.58 Å². The van der Waals surface area contributed by atoms with E-state index in [1.54, 1.807) is 24.3 Å². The van der Waals surface area contributed by atoms with Gasteiger partial charge < -0.3 is 0 Å². The van der Waals surface area contributed by atoms with Gasteiger partial charge in [0.05, 0.1) is 9.72 Å². The Labute approximate surface area is 96.1 Å². The molecule has 0 amide bonds. The molecular weight excluding hydrogens is 288 g/mol. The van der Waals surface area contributed by atoms with Crippen molar-refractivity contribution in [2.24, 2.45) is 0 Å². The average Bonchev–Trinajstić information content (AvgIpc) is 2.15. The maximum absolute atomic E-state index is 11.2. The van der Waals surface area contributed by atoms with Crippen molar-refractivity contribution >= 4 is 35.7 Å². The van der Waals surface area contributed by atoms with Crippen molar-refractivity contribution < 1.29 is 8.42 Å². The van der Waals surface area contributed by atoms with Crippen molar-refractivity contribution in [3.8, 4) is 0 Å². The van der Waals surface area contributed by atoms with Gasteiger partial charge in [-0.05, 0) is 11.6 Å². The second-order valence-corrected chi connectivity index (χ2v) is 6.13. The van der Waals surface area contributed by atoms with Gasteiger partial charge in [0.2, 0.25) is 0 Å². The molecule has 1 aromatic carbocycles. The van der Waals surface area contributed by atoms with Gasteiger partial charge in [-0.25, -0.2) is 8.42 Å². The standard InChI is InChI=1S/C9H8BrClO2S/c1-2-8(10)7-5-3-4-6-9(7)14(11,12)13/h2-6,8H,1H2. The predicted octanol–water partition coefficient (Wildman–Crippen LogP) is 3.24. The van der Waals surface area contributed by atoms with Gasteiger partial charge in [0, 0.05) is 10.7 Å². The minimum Gasteiger partial charge on any atom is -0.207 e. The molecule has 5 heteroatoms. The van der Waals surface area contributed by atoms with Crippen LogP contribution in [0.2, 0.25) is 0 Å². The summed E-state index contributed by atoms with van der Waals surface area (Å²) in [4.78, 5) is -0.101. The minimum atomic E-state index is -3.69. The molecule has 2 nitrogen and oxygen atoms in total. The highest BCUT2D eigenvalue weighted by molar-refractivity contribution is 9.09. The monoisotopic (exact) mass is 294 g/mol. The third-order valence-electron chi connectivity index (χ3n) is 1.69. The fourth-order valence-electron chi connectivity index (χ4n) is 1.06. The van der Waals surface area contributed by atoms with E-state index in [4.69, 9.17) is 10.7 Å². The summed E-state index contributed by atoms with van der Waals surface area (Å²) in [5.41, 5.74) is 0.595. The summed E-state index contributed by atoms with van der Waals surface area (Å²) in [7, 11) is 1.59. The molecule has 0 heterocycles. The number of allylic oxidation sites excluding steroid dienone is 1. The van der Waals surface area contributed by atoms with E-state index in [1.165, 1.54) is 6.07 Å². The van der Waals surface area contributed by atoms with E-state index in [0.717, 1.165) is 0 Å². The molecule has 1 rings (SSSR count). The fraction of sp³-hybridized carbons (Fsp3) is 0.111. The number of alkyl halides is 1. The van der Waals surface area contributed by atoms with Crippen LogP contribution in [0.15, 0.2) is 41.8 Å². The van der Waals surface area contributed by atoms with Crippen molar-refractivity contribution in [1.82, 2.24) is 0 Å². The van der Waals surface area contributed by atoms with Crippen LogP contribution < -0.4 is 0 Å². The molecule has 76 valence electrons. The SMILES string of the molecule is C=CC(Br)c1ccccc1S(=O)(=O)Cl. The lowest BCUT2D eigenvalue weighted by atomic mass is 10.1. The molecule has 1 atom stereocenters. The maximum atomic E-state index is 11.2. The van der Waals surface area contributed by atoms with Gasteiger partial charge in [-0.2, -0.15) is 0 Å².